The third kappa shape index (κ3) is 2.50. The van der Waals surface area contributed by atoms with Crippen LogP contribution >= 0.6 is 0 Å². The molecule has 0 saturated heterocycles. The van der Waals surface area contributed by atoms with Gasteiger partial charge in [0.2, 0.25) is 6.79 Å². The second-order valence-electron chi connectivity index (χ2n) is 7.07. The Labute approximate surface area is 172 Å². The Kier molecular flexibility index (Phi) is 3.64. The van der Waals surface area contributed by atoms with Crippen LogP contribution in [-0.4, -0.2) is 28.7 Å². The third-order valence-corrected chi connectivity index (χ3v) is 5.37. The Bertz CT molecular complexity index is 1390. The molecule has 0 amide bonds. The molecule has 5 aromatic rings. The molecule has 30 heavy (non-hydrogen) atoms. The van der Waals surface area contributed by atoms with Gasteiger partial charge in [-0.1, -0.05) is 18.2 Å². The van der Waals surface area contributed by atoms with Crippen molar-refractivity contribution in [2.75, 3.05) is 13.9 Å². The standard InChI is InChI=1S/C24H17N3O3/c1-28-17-9-7-15(8-10-17)23-19-13-25-20-12-22-21(29-14-30-22)11-18(20)24(19)27(26-23)16-5-3-2-4-6-16/h2-13H,14H2,1H3. The number of rotatable bonds is 3. The second kappa shape index (κ2) is 6.49. The molecule has 3 heterocycles. The Morgan fingerprint density at radius 1 is 0.900 bits per heavy atom. The number of ether oxygens (including phenoxy) is 3. The van der Waals surface area contributed by atoms with Gasteiger partial charge in [-0.2, -0.15) is 5.10 Å². The molecule has 0 atom stereocenters. The molecule has 0 unspecified atom stereocenters. The van der Waals surface area contributed by atoms with Crippen LogP contribution in [0.2, 0.25) is 0 Å². The molecular formula is C24H17N3O3. The van der Waals surface area contributed by atoms with Crippen molar-refractivity contribution in [3.8, 4) is 34.2 Å². The number of pyridine rings is 1. The van der Waals surface area contributed by atoms with Gasteiger partial charge in [-0.25, -0.2) is 4.68 Å². The summed E-state index contributed by atoms with van der Waals surface area (Å²) in [5.41, 5.74) is 4.66. The average Bonchev–Trinajstić information content (AvgIpc) is 3.42. The summed E-state index contributed by atoms with van der Waals surface area (Å²) in [6.07, 6.45) is 1.88. The van der Waals surface area contributed by atoms with Crippen LogP contribution in [-0.2, 0) is 0 Å². The normalized spacial score (nSPS) is 12.6. The SMILES string of the molecule is COc1ccc(-c2nn(-c3ccccc3)c3c2cnc2cc4c(cc23)OCO4)cc1. The third-order valence-electron chi connectivity index (χ3n) is 5.37. The number of aromatic nitrogens is 3. The van der Waals surface area contributed by atoms with E-state index in [4.69, 9.17) is 24.3 Å². The molecule has 0 N–H and O–H groups in total. The smallest absolute Gasteiger partial charge is 0.231 e. The second-order valence-corrected chi connectivity index (χ2v) is 7.07. The summed E-state index contributed by atoms with van der Waals surface area (Å²) in [5.74, 6) is 2.25. The molecule has 1 aliphatic heterocycles. The maximum absolute atomic E-state index is 5.62. The Hall–Kier alpha value is -4.06. The summed E-state index contributed by atoms with van der Waals surface area (Å²) in [6.45, 7) is 0.226. The van der Waals surface area contributed by atoms with Gasteiger partial charge in [0.25, 0.3) is 0 Å². The highest BCUT2D eigenvalue weighted by molar-refractivity contribution is 6.09. The van der Waals surface area contributed by atoms with Crippen LogP contribution in [0.4, 0.5) is 0 Å². The fourth-order valence-corrected chi connectivity index (χ4v) is 3.89. The molecule has 0 fully saturated rings. The summed E-state index contributed by atoms with van der Waals surface area (Å²) in [6, 6.07) is 21.9. The lowest BCUT2D eigenvalue weighted by molar-refractivity contribution is 0.174. The number of hydrogen-bond acceptors (Lipinski definition) is 5. The molecule has 6 rings (SSSR count). The molecule has 0 radical (unpaired) electrons. The van der Waals surface area contributed by atoms with E-state index in [0.717, 1.165) is 56.0 Å². The van der Waals surface area contributed by atoms with Gasteiger partial charge in [-0.05, 0) is 42.5 Å². The predicted octanol–water partition coefficient (Wildman–Crippen LogP) is 4.98. The van der Waals surface area contributed by atoms with Crippen LogP contribution in [0.3, 0.4) is 0 Å². The van der Waals surface area contributed by atoms with Crippen molar-refractivity contribution in [1.29, 1.82) is 0 Å². The quantitative estimate of drug-likeness (QED) is 0.431. The van der Waals surface area contributed by atoms with Crippen molar-refractivity contribution in [1.82, 2.24) is 14.8 Å². The summed E-state index contributed by atoms with van der Waals surface area (Å²) in [5, 5.41) is 6.93. The van der Waals surface area contributed by atoms with Crippen molar-refractivity contribution in [3.05, 3.63) is 72.9 Å². The number of fused-ring (bicyclic) bond motifs is 4. The number of nitrogens with zero attached hydrogens (tertiary/aromatic N) is 3. The molecule has 3 aromatic carbocycles. The van der Waals surface area contributed by atoms with Gasteiger partial charge in [-0.3, -0.25) is 4.98 Å². The lowest BCUT2D eigenvalue weighted by Crippen LogP contribution is -1.97. The fraction of sp³-hybridized carbons (Fsp3) is 0.0833. The molecular weight excluding hydrogens is 378 g/mol. The van der Waals surface area contributed by atoms with Crippen molar-refractivity contribution < 1.29 is 14.2 Å². The first kappa shape index (κ1) is 16.9. The van der Waals surface area contributed by atoms with Crippen LogP contribution in [0.25, 0.3) is 38.8 Å². The number of hydrogen-bond donors (Lipinski definition) is 0. The van der Waals surface area contributed by atoms with Gasteiger partial charge >= 0.3 is 0 Å². The lowest BCUT2D eigenvalue weighted by Gasteiger charge is -2.06. The van der Waals surface area contributed by atoms with Crippen molar-refractivity contribution >= 4 is 21.8 Å². The van der Waals surface area contributed by atoms with Crippen LogP contribution in [0.1, 0.15) is 0 Å². The van der Waals surface area contributed by atoms with E-state index in [1.54, 1.807) is 7.11 Å². The first-order chi connectivity index (χ1) is 14.8. The molecule has 2 aromatic heterocycles. The minimum absolute atomic E-state index is 0.226. The zero-order chi connectivity index (χ0) is 20.1. The Balaban J connectivity index is 1.69. The maximum Gasteiger partial charge on any atom is 0.231 e. The van der Waals surface area contributed by atoms with E-state index >= 15 is 0 Å². The molecule has 1 aliphatic rings. The van der Waals surface area contributed by atoms with Gasteiger partial charge in [0.15, 0.2) is 11.5 Å². The van der Waals surface area contributed by atoms with Crippen molar-refractivity contribution in [2.24, 2.45) is 0 Å². The van der Waals surface area contributed by atoms with Gasteiger partial charge in [0, 0.05) is 28.6 Å². The van der Waals surface area contributed by atoms with E-state index in [-0.39, 0.29) is 6.79 Å². The van der Waals surface area contributed by atoms with Gasteiger partial charge < -0.3 is 14.2 Å². The molecule has 6 heteroatoms. The van der Waals surface area contributed by atoms with Crippen molar-refractivity contribution in [3.63, 3.8) is 0 Å². The van der Waals surface area contributed by atoms with Gasteiger partial charge in [0.05, 0.1) is 23.8 Å². The van der Waals surface area contributed by atoms with Crippen LogP contribution in [0.15, 0.2) is 72.9 Å². The van der Waals surface area contributed by atoms with Crippen LogP contribution < -0.4 is 14.2 Å². The summed E-state index contributed by atoms with van der Waals surface area (Å²) < 4.78 is 18.4. The largest absolute Gasteiger partial charge is 0.497 e. The summed E-state index contributed by atoms with van der Waals surface area (Å²) >= 11 is 0. The number of para-hydroxylation sites is 1. The average molecular weight is 395 g/mol. The van der Waals surface area contributed by atoms with E-state index in [2.05, 4.69) is 0 Å². The highest BCUT2D eigenvalue weighted by Gasteiger charge is 2.21. The molecule has 0 saturated carbocycles. The lowest BCUT2D eigenvalue weighted by atomic mass is 10.1. The summed E-state index contributed by atoms with van der Waals surface area (Å²) in [7, 11) is 1.66. The molecule has 146 valence electrons. The van der Waals surface area contributed by atoms with E-state index in [9.17, 15) is 0 Å². The molecule has 0 bridgehead atoms. The minimum atomic E-state index is 0.226. The molecule has 6 nitrogen and oxygen atoms in total. The van der Waals surface area contributed by atoms with E-state index in [1.807, 2.05) is 77.6 Å². The number of methoxy groups -OCH3 is 1. The topological polar surface area (TPSA) is 58.4 Å². The van der Waals surface area contributed by atoms with Crippen LogP contribution in [0.5, 0.6) is 17.2 Å². The monoisotopic (exact) mass is 395 g/mol. The van der Waals surface area contributed by atoms with E-state index in [1.165, 1.54) is 0 Å². The summed E-state index contributed by atoms with van der Waals surface area (Å²) in [4.78, 5) is 4.70. The molecule has 0 aliphatic carbocycles. The zero-order valence-corrected chi connectivity index (χ0v) is 16.2. The Morgan fingerprint density at radius 2 is 1.67 bits per heavy atom. The highest BCUT2D eigenvalue weighted by Crippen LogP contribution is 2.40. The first-order valence-corrected chi connectivity index (χ1v) is 9.63. The predicted molar refractivity (Wildman–Crippen MR) is 114 cm³/mol. The van der Waals surface area contributed by atoms with Crippen molar-refractivity contribution in [2.45, 2.75) is 0 Å². The number of benzene rings is 3. The minimum Gasteiger partial charge on any atom is -0.497 e. The van der Waals surface area contributed by atoms with E-state index < -0.39 is 0 Å². The molecule has 0 spiro atoms. The fourth-order valence-electron chi connectivity index (χ4n) is 3.89. The van der Waals surface area contributed by atoms with E-state index in [0.29, 0.717) is 0 Å². The van der Waals surface area contributed by atoms with Gasteiger partial charge in [-0.15, -0.1) is 0 Å². The van der Waals surface area contributed by atoms with Crippen LogP contribution in [0, 0.1) is 0 Å². The zero-order valence-electron chi connectivity index (χ0n) is 16.2. The Morgan fingerprint density at radius 3 is 2.43 bits per heavy atom. The highest BCUT2D eigenvalue weighted by atomic mass is 16.7. The first-order valence-electron chi connectivity index (χ1n) is 9.63. The maximum atomic E-state index is 5.62. The van der Waals surface area contributed by atoms with Gasteiger partial charge in [0.1, 0.15) is 11.4 Å².